The zero-order chi connectivity index (χ0) is 16.2. The molecule has 2 fully saturated rings. The summed E-state index contributed by atoms with van der Waals surface area (Å²) in [4.78, 5) is 0. The van der Waals surface area contributed by atoms with E-state index in [9.17, 15) is 0 Å². The van der Waals surface area contributed by atoms with Crippen molar-refractivity contribution in [1.29, 1.82) is 0 Å². The fraction of sp³-hybridized carbons (Fsp3) is 0.526. The largest absolute Gasteiger partial charge is 0.381 e. The van der Waals surface area contributed by atoms with Crippen molar-refractivity contribution in [2.75, 3.05) is 19.8 Å². The first-order chi connectivity index (χ1) is 11.8. The molecule has 0 radical (unpaired) electrons. The van der Waals surface area contributed by atoms with Crippen molar-refractivity contribution in [2.45, 2.75) is 43.9 Å². The number of rotatable bonds is 4. The predicted octanol–water partition coefficient (Wildman–Crippen LogP) is 2.69. The van der Waals surface area contributed by atoms with Crippen molar-refractivity contribution < 1.29 is 9.47 Å². The van der Waals surface area contributed by atoms with E-state index >= 15 is 0 Å². The van der Waals surface area contributed by atoms with Gasteiger partial charge in [0.2, 0.25) is 0 Å². The van der Waals surface area contributed by atoms with Crippen LogP contribution in [0.1, 0.15) is 31.2 Å². The Morgan fingerprint density at radius 2 is 2.00 bits per heavy atom. The number of aromatic nitrogens is 2. The van der Waals surface area contributed by atoms with E-state index in [1.165, 1.54) is 5.56 Å². The first kappa shape index (κ1) is 15.8. The van der Waals surface area contributed by atoms with Crippen LogP contribution in [0.2, 0.25) is 0 Å². The summed E-state index contributed by atoms with van der Waals surface area (Å²) in [7, 11) is 0. The van der Waals surface area contributed by atoms with Gasteiger partial charge in [-0.2, -0.15) is 5.10 Å². The quantitative estimate of drug-likeness (QED) is 0.938. The average molecular weight is 327 g/mol. The van der Waals surface area contributed by atoms with Crippen LogP contribution in [0.4, 0.5) is 0 Å². The first-order valence-corrected chi connectivity index (χ1v) is 8.87. The van der Waals surface area contributed by atoms with Gasteiger partial charge in [0, 0.05) is 44.8 Å². The van der Waals surface area contributed by atoms with Gasteiger partial charge in [-0.1, -0.05) is 12.1 Å². The van der Waals surface area contributed by atoms with Gasteiger partial charge in [0.25, 0.3) is 0 Å². The molecule has 1 spiro atoms. The molecule has 128 valence electrons. The Kier molecular flexibility index (Phi) is 4.65. The van der Waals surface area contributed by atoms with Gasteiger partial charge in [-0.15, -0.1) is 0 Å². The summed E-state index contributed by atoms with van der Waals surface area (Å²) in [6.45, 7) is 3.43. The molecule has 0 aliphatic carbocycles. The van der Waals surface area contributed by atoms with Crippen molar-refractivity contribution in [3.8, 4) is 5.69 Å². The third-order valence-electron chi connectivity index (χ3n) is 5.20. The highest BCUT2D eigenvalue weighted by molar-refractivity contribution is 5.33. The smallest absolute Gasteiger partial charge is 0.0741 e. The molecule has 2 saturated heterocycles. The summed E-state index contributed by atoms with van der Waals surface area (Å²) in [5.74, 6) is 0. The molecule has 2 aliphatic heterocycles. The van der Waals surface area contributed by atoms with Crippen LogP contribution in [0, 0.1) is 0 Å². The van der Waals surface area contributed by atoms with Crippen molar-refractivity contribution in [3.05, 3.63) is 48.3 Å². The molecule has 1 aromatic heterocycles. The molecule has 1 N–H and O–H groups in total. The minimum atomic E-state index is 0.0537. The molecule has 2 aromatic rings. The summed E-state index contributed by atoms with van der Waals surface area (Å²) in [6, 6.07) is 11.1. The standard InChI is InChI=1S/C19H25N3O2/c1-9-21-22(10-1)18-4-2-16(3-5-18)15-20-17-6-11-24-19(14-17)7-12-23-13-8-19/h1-5,9-10,17,20H,6-8,11-15H2. The van der Waals surface area contributed by atoms with Crippen molar-refractivity contribution in [2.24, 2.45) is 0 Å². The second-order valence-corrected chi connectivity index (χ2v) is 6.83. The molecule has 0 amide bonds. The monoisotopic (exact) mass is 327 g/mol. The van der Waals surface area contributed by atoms with E-state index in [4.69, 9.17) is 9.47 Å². The van der Waals surface area contributed by atoms with Gasteiger partial charge in [-0.05, 0) is 49.4 Å². The highest BCUT2D eigenvalue weighted by Gasteiger charge is 2.38. The summed E-state index contributed by atoms with van der Waals surface area (Å²) in [5, 5.41) is 7.98. The van der Waals surface area contributed by atoms with Crippen LogP contribution in [-0.4, -0.2) is 41.2 Å². The second-order valence-electron chi connectivity index (χ2n) is 6.83. The highest BCUT2D eigenvalue weighted by atomic mass is 16.5. The fourth-order valence-corrected chi connectivity index (χ4v) is 3.74. The minimum absolute atomic E-state index is 0.0537. The molecule has 4 rings (SSSR count). The molecule has 1 aromatic carbocycles. The minimum Gasteiger partial charge on any atom is -0.381 e. The lowest BCUT2D eigenvalue weighted by molar-refractivity contribution is -0.140. The van der Waals surface area contributed by atoms with Crippen molar-refractivity contribution >= 4 is 0 Å². The Bertz CT molecular complexity index is 628. The zero-order valence-corrected chi connectivity index (χ0v) is 14.0. The number of hydrogen-bond donors (Lipinski definition) is 1. The Labute approximate surface area is 143 Å². The third-order valence-corrected chi connectivity index (χ3v) is 5.20. The van der Waals surface area contributed by atoms with Crippen LogP contribution in [0.25, 0.3) is 5.69 Å². The summed E-state index contributed by atoms with van der Waals surface area (Å²) in [6.07, 6.45) is 8.01. The maximum atomic E-state index is 6.12. The number of hydrogen-bond acceptors (Lipinski definition) is 4. The van der Waals surface area contributed by atoms with Crippen LogP contribution >= 0.6 is 0 Å². The molecule has 5 nitrogen and oxygen atoms in total. The normalized spacial score (nSPS) is 23.4. The van der Waals surface area contributed by atoms with Crippen molar-refractivity contribution in [3.63, 3.8) is 0 Å². The highest BCUT2D eigenvalue weighted by Crippen LogP contribution is 2.34. The first-order valence-electron chi connectivity index (χ1n) is 8.87. The van der Waals surface area contributed by atoms with Crippen molar-refractivity contribution in [1.82, 2.24) is 15.1 Å². The SMILES string of the molecule is c1cnn(-c2ccc(CNC3CCOC4(CCOCC4)C3)cc2)c1. The molecule has 0 saturated carbocycles. The van der Waals surface area contributed by atoms with Gasteiger partial charge in [0.15, 0.2) is 0 Å². The number of nitrogens with zero attached hydrogens (tertiary/aromatic N) is 2. The van der Waals surface area contributed by atoms with Gasteiger partial charge < -0.3 is 14.8 Å². The molecule has 24 heavy (non-hydrogen) atoms. The van der Waals surface area contributed by atoms with E-state index in [1.54, 1.807) is 6.20 Å². The third kappa shape index (κ3) is 3.53. The number of benzene rings is 1. The van der Waals surface area contributed by atoms with Crippen LogP contribution in [-0.2, 0) is 16.0 Å². The molecule has 5 heteroatoms. The van der Waals surface area contributed by atoms with Gasteiger partial charge in [0.1, 0.15) is 0 Å². The second kappa shape index (κ2) is 7.05. The van der Waals surface area contributed by atoms with Crippen LogP contribution in [0.15, 0.2) is 42.7 Å². The molecule has 1 unspecified atom stereocenters. The molecule has 1 atom stereocenters. The van der Waals surface area contributed by atoms with Gasteiger partial charge in [-0.3, -0.25) is 0 Å². The predicted molar refractivity (Wildman–Crippen MR) is 92.2 cm³/mol. The van der Waals surface area contributed by atoms with E-state index in [-0.39, 0.29) is 5.60 Å². The van der Waals surface area contributed by atoms with E-state index in [0.717, 1.165) is 57.7 Å². The Hall–Kier alpha value is -1.69. The summed E-state index contributed by atoms with van der Waals surface area (Å²) in [5.41, 5.74) is 2.45. The van der Waals surface area contributed by atoms with E-state index in [2.05, 4.69) is 34.7 Å². The lowest BCUT2D eigenvalue weighted by Crippen LogP contribution is -2.49. The zero-order valence-electron chi connectivity index (χ0n) is 14.0. The lowest BCUT2D eigenvalue weighted by atomic mass is 9.84. The Balaban J connectivity index is 1.33. The van der Waals surface area contributed by atoms with Gasteiger partial charge in [0.05, 0.1) is 11.3 Å². The average Bonchev–Trinajstić information content (AvgIpc) is 3.16. The lowest BCUT2D eigenvalue weighted by Gasteiger charge is -2.43. The molecule has 3 heterocycles. The van der Waals surface area contributed by atoms with E-state index < -0.39 is 0 Å². The molecular formula is C19H25N3O2. The van der Waals surface area contributed by atoms with E-state index in [0.29, 0.717) is 6.04 Å². The van der Waals surface area contributed by atoms with Crippen LogP contribution in [0.3, 0.4) is 0 Å². The Morgan fingerprint density at radius 3 is 2.75 bits per heavy atom. The van der Waals surface area contributed by atoms with Crippen LogP contribution < -0.4 is 5.32 Å². The maximum Gasteiger partial charge on any atom is 0.0741 e. The summed E-state index contributed by atoms with van der Waals surface area (Å²) < 4.78 is 13.5. The fourth-order valence-electron chi connectivity index (χ4n) is 3.74. The maximum absolute atomic E-state index is 6.12. The number of ether oxygens (including phenoxy) is 2. The molecule has 0 bridgehead atoms. The van der Waals surface area contributed by atoms with E-state index in [1.807, 2.05) is 16.9 Å². The summed E-state index contributed by atoms with van der Waals surface area (Å²) >= 11 is 0. The Morgan fingerprint density at radius 1 is 1.17 bits per heavy atom. The van der Waals surface area contributed by atoms with Gasteiger partial charge in [-0.25, -0.2) is 4.68 Å². The molecule has 2 aliphatic rings. The number of nitrogens with one attached hydrogen (secondary N) is 1. The van der Waals surface area contributed by atoms with Crippen LogP contribution in [0.5, 0.6) is 0 Å². The molecular weight excluding hydrogens is 302 g/mol. The van der Waals surface area contributed by atoms with Gasteiger partial charge >= 0.3 is 0 Å². The topological polar surface area (TPSA) is 48.3 Å².